The van der Waals surface area contributed by atoms with Crippen molar-refractivity contribution in [3.05, 3.63) is 34.6 Å². The van der Waals surface area contributed by atoms with E-state index >= 15 is 0 Å². The lowest BCUT2D eigenvalue weighted by molar-refractivity contribution is -0.137. The Morgan fingerprint density at radius 2 is 2.17 bits per heavy atom. The Morgan fingerprint density at radius 1 is 1.50 bits per heavy atom. The van der Waals surface area contributed by atoms with Gasteiger partial charge in [0.15, 0.2) is 0 Å². The highest BCUT2D eigenvalue weighted by Crippen LogP contribution is 2.19. The predicted molar refractivity (Wildman–Crippen MR) is 65.2 cm³/mol. The molecule has 0 saturated heterocycles. The maximum atomic E-state index is 13.2. The van der Waals surface area contributed by atoms with Gasteiger partial charge in [-0.2, -0.15) is 0 Å². The molecule has 1 unspecified atom stereocenters. The summed E-state index contributed by atoms with van der Waals surface area (Å²) in [6.45, 7) is 1.75. The van der Waals surface area contributed by atoms with Crippen molar-refractivity contribution in [2.45, 2.75) is 25.8 Å². The van der Waals surface area contributed by atoms with E-state index in [0.717, 1.165) is 6.07 Å². The Balaban J connectivity index is 2.81. The summed E-state index contributed by atoms with van der Waals surface area (Å²) in [5.41, 5.74) is 0.000468. The fourth-order valence-electron chi connectivity index (χ4n) is 1.45. The van der Waals surface area contributed by atoms with Gasteiger partial charge in [0, 0.05) is 6.04 Å². The second-order valence-electron chi connectivity index (χ2n) is 3.78. The van der Waals surface area contributed by atoms with Gasteiger partial charge in [-0.1, -0.05) is 24.6 Å². The van der Waals surface area contributed by atoms with Crippen LogP contribution in [0.4, 0.5) is 4.39 Å². The van der Waals surface area contributed by atoms with E-state index in [1.54, 1.807) is 6.92 Å². The molecule has 0 saturated carbocycles. The lowest BCUT2D eigenvalue weighted by Crippen LogP contribution is -2.36. The highest BCUT2D eigenvalue weighted by atomic mass is 35.5. The van der Waals surface area contributed by atoms with Crippen LogP contribution in [0.1, 0.15) is 30.1 Å². The Bertz CT molecular complexity index is 465. The SMILES string of the molecule is CCC(CC(=O)O)NC(=O)c1cccc(F)c1Cl. The summed E-state index contributed by atoms with van der Waals surface area (Å²) in [4.78, 5) is 22.4. The zero-order valence-corrected chi connectivity index (χ0v) is 10.5. The molecule has 1 rings (SSSR count). The first kappa shape index (κ1) is 14.4. The second-order valence-corrected chi connectivity index (χ2v) is 4.16. The summed E-state index contributed by atoms with van der Waals surface area (Å²) in [5, 5.41) is 10.9. The number of nitrogens with one attached hydrogen (secondary N) is 1. The number of carboxylic acids is 1. The van der Waals surface area contributed by atoms with Gasteiger partial charge in [-0.3, -0.25) is 9.59 Å². The summed E-state index contributed by atoms with van der Waals surface area (Å²) >= 11 is 5.67. The van der Waals surface area contributed by atoms with Crippen molar-refractivity contribution in [1.82, 2.24) is 5.32 Å². The van der Waals surface area contributed by atoms with Gasteiger partial charge >= 0.3 is 5.97 Å². The number of halogens is 2. The van der Waals surface area contributed by atoms with Crippen LogP contribution in [-0.4, -0.2) is 23.0 Å². The monoisotopic (exact) mass is 273 g/mol. The maximum absolute atomic E-state index is 13.2. The van der Waals surface area contributed by atoms with Crippen LogP contribution < -0.4 is 5.32 Å². The fraction of sp³-hybridized carbons (Fsp3) is 0.333. The van der Waals surface area contributed by atoms with Crippen LogP contribution in [-0.2, 0) is 4.79 Å². The third-order valence-electron chi connectivity index (χ3n) is 2.45. The summed E-state index contributed by atoms with van der Waals surface area (Å²) in [5.74, 6) is -2.27. The Kier molecular flexibility index (Phi) is 5.09. The average Bonchev–Trinajstić information content (AvgIpc) is 2.31. The van der Waals surface area contributed by atoms with Crippen LogP contribution in [0.5, 0.6) is 0 Å². The summed E-state index contributed by atoms with van der Waals surface area (Å²) in [6, 6.07) is 3.39. The molecule has 0 aliphatic carbocycles. The summed E-state index contributed by atoms with van der Waals surface area (Å²) in [7, 11) is 0. The van der Waals surface area contributed by atoms with Crippen molar-refractivity contribution in [2.24, 2.45) is 0 Å². The molecule has 6 heteroatoms. The van der Waals surface area contributed by atoms with E-state index in [0.29, 0.717) is 6.42 Å². The lowest BCUT2D eigenvalue weighted by Gasteiger charge is -2.15. The number of carbonyl (C=O) groups is 2. The third kappa shape index (κ3) is 3.70. The van der Waals surface area contributed by atoms with Gasteiger partial charge in [0.25, 0.3) is 5.91 Å². The topological polar surface area (TPSA) is 66.4 Å². The van der Waals surface area contributed by atoms with Crippen molar-refractivity contribution in [3.63, 3.8) is 0 Å². The second kappa shape index (κ2) is 6.35. The molecular formula is C12H13ClFNO3. The molecule has 1 aromatic rings. The van der Waals surface area contributed by atoms with Crippen LogP contribution in [0.2, 0.25) is 5.02 Å². The molecule has 1 aromatic carbocycles. The molecule has 0 spiro atoms. The summed E-state index contributed by atoms with van der Waals surface area (Å²) < 4.78 is 13.2. The number of hydrogen-bond donors (Lipinski definition) is 2. The van der Waals surface area contributed by atoms with Gasteiger partial charge in [-0.15, -0.1) is 0 Å². The van der Waals surface area contributed by atoms with Crippen LogP contribution in [0.25, 0.3) is 0 Å². The Hall–Kier alpha value is -1.62. The van der Waals surface area contributed by atoms with Crippen molar-refractivity contribution in [2.75, 3.05) is 0 Å². The fourth-order valence-corrected chi connectivity index (χ4v) is 1.66. The molecule has 0 aromatic heterocycles. The van der Waals surface area contributed by atoms with E-state index in [-0.39, 0.29) is 17.0 Å². The predicted octanol–water partition coefficient (Wildman–Crippen LogP) is 2.46. The first-order chi connectivity index (χ1) is 8.45. The molecule has 98 valence electrons. The molecule has 4 nitrogen and oxygen atoms in total. The van der Waals surface area contributed by atoms with Gasteiger partial charge in [0.2, 0.25) is 0 Å². The summed E-state index contributed by atoms with van der Waals surface area (Å²) in [6.07, 6.45) is 0.278. The zero-order chi connectivity index (χ0) is 13.7. The number of benzene rings is 1. The van der Waals surface area contributed by atoms with Gasteiger partial charge < -0.3 is 10.4 Å². The maximum Gasteiger partial charge on any atom is 0.305 e. The number of rotatable bonds is 5. The molecule has 2 N–H and O–H groups in total. The van der Waals surface area contributed by atoms with E-state index in [1.807, 2.05) is 0 Å². The molecule has 18 heavy (non-hydrogen) atoms. The number of hydrogen-bond acceptors (Lipinski definition) is 2. The Morgan fingerprint density at radius 3 is 2.72 bits per heavy atom. The van der Waals surface area contributed by atoms with E-state index < -0.39 is 23.7 Å². The van der Waals surface area contributed by atoms with Gasteiger partial charge in [0.1, 0.15) is 5.82 Å². The van der Waals surface area contributed by atoms with E-state index in [9.17, 15) is 14.0 Å². The minimum atomic E-state index is -1.01. The van der Waals surface area contributed by atoms with Crippen LogP contribution in [0.3, 0.4) is 0 Å². The van der Waals surface area contributed by atoms with Crippen molar-refractivity contribution in [1.29, 1.82) is 0 Å². The number of carboxylic acid groups (broad SMARTS) is 1. The third-order valence-corrected chi connectivity index (χ3v) is 2.83. The molecule has 0 aliphatic rings. The molecule has 1 amide bonds. The van der Waals surface area contributed by atoms with E-state index in [4.69, 9.17) is 16.7 Å². The lowest BCUT2D eigenvalue weighted by atomic mass is 10.1. The van der Waals surface area contributed by atoms with E-state index in [2.05, 4.69) is 5.32 Å². The Labute approximate surface area is 109 Å². The number of aliphatic carboxylic acids is 1. The smallest absolute Gasteiger partial charge is 0.305 e. The molecule has 0 bridgehead atoms. The minimum Gasteiger partial charge on any atom is -0.481 e. The van der Waals surface area contributed by atoms with Gasteiger partial charge in [-0.05, 0) is 18.6 Å². The zero-order valence-electron chi connectivity index (χ0n) is 9.74. The average molecular weight is 274 g/mol. The standard InChI is InChI=1S/C12H13ClFNO3/c1-2-7(6-10(16)17)15-12(18)8-4-3-5-9(14)11(8)13/h3-5,7H,2,6H2,1H3,(H,15,18)(H,16,17). The number of amides is 1. The van der Waals surface area contributed by atoms with Crippen molar-refractivity contribution < 1.29 is 19.1 Å². The van der Waals surface area contributed by atoms with Crippen molar-refractivity contribution in [3.8, 4) is 0 Å². The molecule has 0 fully saturated rings. The van der Waals surface area contributed by atoms with Crippen LogP contribution >= 0.6 is 11.6 Å². The quantitative estimate of drug-likeness (QED) is 0.866. The van der Waals surface area contributed by atoms with Crippen LogP contribution in [0, 0.1) is 5.82 Å². The largest absolute Gasteiger partial charge is 0.481 e. The first-order valence-electron chi connectivity index (χ1n) is 5.42. The van der Waals surface area contributed by atoms with Crippen LogP contribution in [0.15, 0.2) is 18.2 Å². The van der Waals surface area contributed by atoms with E-state index in [1.165, 1.54) is 12.1 Å². The highest BCUT2D eigenvalue weighted by molar-refractivity contribution is 6.34. The molecule has 0 heterocycles. The van der Waals surface area contributed by atoms with Crippen molar-refractivity contribution >= 4 is 23.5 Å². The van der Waals surface area contributed by atoms with Gasteiger partial charge in [-0.25, -0.2) is 4.39 Å². The highest BCUT2D eigenvalue weighted by Gasteiger charge is 2.18. The molecule has 1 atom stereocenters. The minimum absolute atomic E-state index is 0.000468. The normalized spacial score (nSPS) is 11.9. The molecule has 0 aliphatic heterocycles. The number of carbonyl (C=O) groups excluding carboxylic acids is 1. The molecular weight excluding hydrogens is 261 g/mol. The first-order valence-corrected chi connectivity index (χ1v) is 5.80. The molecule has 0 radical (unpaired) electrons. The van der Waals surface area contributed by atoms with Gasteiger partial charge in [0.05, 0.1) is 17.0 Å².